The number of hydrogen-bond acceptors (Lipinski definition) is 3. The van der Waals surface area contributed by atoms with Gasteiger partial charge >= 0.3 is 0 Å². The molecule has 1 atom stereocenters. The molecule has 2 rings (SSSR count). The van der Waals surface area contributed by atoms with Crippen LogP contribution in [-0.2, 0) is 0 Å². The quantitative estimate of drug-likeness (QED) is 0.635. The maximum absolute atomic E-state index is 9.61. The van der Waals surface area contributed by atoms with E-state index in [0.29, 0.717) is 0 Å². The second-order valence-electron chi connectivity index (χ2n) is 3.41. The van der Waals surface area contributed by atoms with Crippen LogP contribution in [-0.4, -0.2) is 17.9 Å². The van der Waals surface area contributed by atoms with E-state index in [-0.39, 0.29) is 6.23 Å². The minimum absolute atomic E-state index is 0.316. The zero-order chi connectivity index (χ0) is 9.26. The van der Waals surface area contributed by atoms with Gasteiger partial charge in [0.2, 0.25) is 0 Å². The Kier molecular flexibility index (Phi) is 2.10. The lowest BCUT2D eigenvalue weighted by Gasteiger charge is -2.22. The first kappa shape index (κ1) is 8.38. The molecule has 0 bridgehead atoms. The van der Waals surface area contributed by atoms with Crippen molar-refractivity contribution in [1.82, 2.24) is 0 Å². The SMILES string of the molecule is Nc1ccc(N2CCCC2O)cc1. The van der Waals surface area contributed by atoms with Gasteiger partial charge in [-0.3, -0.25) is 0 Å². The third kappa shape index (κ3) is 1.60. The highest BCUT2D eigenvalue weighted by Crippen LogP contribution is 2.24. The van der Waals surface area contributed by atoms with E-state index < -0.39 is 0 Å². The number of nitrogens with zero attached hydrogens (tertiary/aromatic N) is 1. The topological polar surface area (TPSA) is 49.5 Å². The van der Waals surface area contributed by atoms with Crippen molar-refractivity contribution in [3.63, 3.8) is 0 Å². The fourth-order valence-corrected chi connectivity index (χ4v) is 1.72. The van der Waals surface area contributed by atoms with Crippen LogP contribution in [0.2, 0.25) is 0 Å². The molecule has 13 heavy (non-hydrogen) atoms. The van der Waals surface area contributed by atoms with Crippen LogP contribution in [0.3, 0.4) is 0 Å². The monoisotopic (exact) mass is 178 g/mol. The second kappa shape index (κ2) is 3.26. The van der Waals surface area contributed by atoms with Gasteiger partial charge in [0.25, 0.3) is 0 Å². The normalized spacial score (nSPS) is 22.2. The summed E-state index contributed by atoms with van der Waals surface area (Å²) >= 11 is 0. The van der Waals surface area contributed by atoms with Crippen LogP contribution in [0.5, 0.6) is 0 Å². The van der Waals surface area contributed by atoms with Crippen LogP contribution in [0.1, 0.15) is 12.8 Å². The Balaban J connectivity index is 2.20. The Bertz CT molecular complexity index is 283. The van der Waals surface area contributed by atoms with Crippen LogP contribution in [0.15, 0.2) is 24.3 Å². The Labute approximate surface area is 77.8 Å². The molecule has 1 fully saturated rings. The minimum atomic E-state index is -0.316. The number of aliphatic hydroxyl groups excluding tert-OH is 1. The molecule has 1 aromatic carbocycles. The predicted octanol–water partition coefficient (Wildman–Crippen LogP) is 1.19. The molecule has 0 spiro atoms. The van der Waals surface area contributed by atoms with Gasteiger partial charge in [-0.05, 0) is 37.1 Å². The average Bonchev–Trinajstić information content (AvgIpc) is 2.53. The lowest BCUT2D eigenvalue weighted by atomic mass is 10.2. The molecule has 1 aliphatic heterocycles. The van der Waals surface area contributed by atoms with Crippen molar-refractivity contribution in [2.24, 2.45) is 0 Å². The van der Waals surface area contributed by atoms with E-state index in [1.54, 1.807) is 0 Å². The lowest BCUT2D eigenvalue weighted by molar-refractivity contribution is 0.186. The first-order valence-electron chi connectivity index (χ1n) is 4.57. The van der Waals surface area contributed by atoms with Gasteiger partial charge in [-0.25, -0.2) is 0 Å². The summed E-state index contributed by atoms with van der Waals surface area (Å²) in [5.41, 5.74) is 7.40. The minimum Gasteiger partial charge on any atom is -0.399 e. The molecule has 0 saturated carbocycles. The van der Waals surface area contributed by atoms with Crippen molar-refractivity contribution >= 4 is 11.4 Å². The Morgan fingerprint density at radius 1 is 1.31 bits per heavy atom. The summed E-state index contributed by atoms with van der Waals surface area (Å²) in [6.45, 7) is 0.936. The molecular formula is C10H14N2O. The van der Waals surface area contributed by atoms with E-state index in [1.807, 2.05) is 29.2 Å². The molecule has 3 N–H and O–H groups in total. The van der Waals surface area contributed by atoms with Crippen LogP contribution >= 0.6 is 0 Å². The molecule has 0 aromatic heterocycles. The van der Waals surface area contributed by atoms with Crippen LogP contribution < -0.4 is 10.6 Å². The van der Waals surface area contributed by atoms with Gasteiger partial charge in [0.1, 0.15) is 6.23 Å². The van der Waals surface area contributed by atoms with E-state index in [9.17, 15) is 5.11 Å². The molecule has 1 aromatic rings. The molecular weight excluding hydrogens is 164 g/mol. The first-order chi connectivity index (χ1) is 6.27. The number of anilines is 2. The Morgan fingerprint density at radius 2 is 2.00 bits per heavy atom. The summed E-state index contributed by atoms with van der Waals surface area (Å²) in [5, 5.41) is 9.61. The van der Waals surface area contributed by atoms with E-state index >= 15 is 0 Å². The van der Waals surface area contributed by atoms with Crippen molar-refractivity contribution in [2.45, 2.75) is 19.1 Å². The number of nitrogens with two attached hydrogens (primary N) is 1. The third-order valence-electron chi connectivity index (χ3n) is 2.45. The molecule has 70 valence electrons. The highest BCUT2D eigenvalue weighted by atomic mass is 16.3. The summed E-state index contributed by atoms with van der Waals surface area (Å²) in [4.78, 5) is 2.00. The largest absolute Gasteiger partial charge is 0.399 e. The zero-order valence-electron chi connectivity index (χ0n) is 7.48. The average molecular weight is 178 g/mol. The molecule has 3 heteroatoms. The lowest BCUT2D eigenvalue weighted by Crippen LogP contribution is -2.28. The molecule has 1 aliphatic rings. The molecule has 0 aliphatic carbocycles. The molecule has 1 saturated heterocycles. The maximum atomic E-state index is 9.61. The summed E-state index contributed by atoms with van der Waals surface area (Å²) in [7, 11) is 0. The first-order valence-corrected chi connectivity index (χ1v) is 4.57. The van der Waals surface area contributed by atoms with Crippen LogP contribution in [0.25, 0.3) is 0 Å². The van der Waals surface area contributed by atoms with Gasteiger partial charge in [0.15, 0.2) is 0 Å². The summed E-state index contributed by atoms with van der Waals surface area (Å²) in [5.74, 6) is 0. The van der Waals surface area contributed by atoms with Gasteiger partial charge in [-0.15, -0.1) is 0 Å². The summed E-state index contributed by atoms with van der Waals surface area (Å²) < 4.78 is 0. The van der Waals surface area contributed by atoms with Gasteiger partial charge in [0, 0.05) is 17.9 Å². The molecule has 3 nitrogen and oxygen atoms in total. The van der Waals surface area contributed by atoms with Crippen molar-refractivity contribution < 1.29 is 5.11 Å². The highest BCUT2D eigenvalue weighted by molar-refractivity contribution is 5.53. The van der Waals surface area contributed by atoms with E-state index in [0.717, 1.165) is 30.8 Å². The predicted molar refractivity (Wildman–Crippen MR) is 53.4 cm³/mol. The number of aliphatic hydroxyl groups is 1. The van der Waals surface area contributed by atoms with Gasteiger partial charge in [-0.2, -0.15) is 0 Å². The van der Waals surface area contributed by atoms with E-state index in [1.165, 1.54) is 0 Å². The number of rotatable bonds is 1. The summed E-state index contributed by atoms with van der Waals surface area (Å²) in [6.07, 6.45) is 1.61. The van der Waals surface area contributed by atoms with Gasteiger partial charge in [-0.1, -0.05) is 0 Å². The standard InChI is InChI=1S/C10H14N2O/c11-8-3-5-9(6-4-8)12-7-1-2-10(12)13/h3-6,10,13H,1-2,7,11H2. The van der Waals surface area contributed by atoms with Crippen molar-refractivity contribution in [1.29, 1.82) is 0 Å². The smallest absolute Gasteiger partial charge is 0.126 e. The summed E-state index contributed by atoms with van der Waals surface area (Å²) in [6, 6.07) is 7.62. The van der Waals surface area contributed by atoms with Crippen molar-refractivity contribution in [2.75, 3.05) is 17.2 Å². The number of nitrogen functional groups attached to an aromatic ring is 1. The Hall–Kier alpha value is -1.22. The highest BCUT2D eigenvalue weighted by Gasteiger charge is 2.21. The third-order valence-corrected chi connectivity index (χ3v) is 2.45. The number of hydrogen-bond donors (Lipinski definition) is 2. The molecule has 0 radical (unpaired) electrons. The van der Waals surface area contributed by atoms with Crippen LogP contribution in [0, 0.1) is 0 Å². The number of benzene rings is 1. The van der Waals surface area contributed by atoms with Crippen molar-refractivity contribution in [3.8, 4) is 0 Å². The zero-order valence-corrected chi connectivity index (χ0v) is 7.48. The fraction of sp³-hybridized carbons (Fsp3) is 0.400. The Morgan fingerprint density at radius 3 is 2.54 bits per heavy atom. The van der Waals surface area contributed by atoms with E-state index in [2.05, 4.69) is 0 Å². The van der Waals surface area contributed by atoms with Gasteiger partial charge in [0.05, 0.1) is 0 Å². The van der Waals surface area contributed by atoms with Crippen molar-refractivity contribution in [3.05, 3.63) is 24.3 Å². The maximum Gasteiger partial charge on any atom is 0.126 e. The van der Waals surface area contributed by atoms with Crippen LogP contribution in [0.4, 0.5) is 11.4 Å². The van der Waals surface area contributed by atoms with E-state index in [4.69, 9.17) is 5.73 Å². The molecule has 1 unspecified atom stereocenters. The molecule has 0 amide bonds. The fourth-order valence-electron chi connectivity index (χ4n) is 1.72. The second-order valence-corrected chi connectivity index (χ2v) is 3.41. The molecule has 1 heterocycles. The van der Waals surface area contributed by atoms with Gasteiger partial charge < -0.3 is 15.7 Å².